The third-order valence-electron chi connectivity index (χ3n) is 3.93. The normalized spacial score (nSPS) is 11.5. The van der Waals surface area contributed by atoms with Crippen LogP contribution >= 0.6 is 24.0 Å². The fraction of sp³-hybridized carbons (Fsp3) is 0.500. The third kappa shape index (κ3) is 10.8. The molecule has 0 aliphatic heterocycles. The van der Waals surface area contributed by atoms with Crippen LogP contribution in [0.15, 0.2) is 39.9 Å². The van der Waals surface area contributed by atoms with Gasteiger partial charge in [0.25, 0.3) is 0 Å². The summed E-state index contributed by atoms with van der Waals surface area (Å²) in [7, 11) is 0. The number of amides is 1. The van der Waals surface area contributed by atoms with Crippen molar-refractivity contribution in [1.29, 1.82) is 0 Å². The van der Waals surface area contributed by atoms with Crippen molar-refractivity contribution in [2.75, 3.05) is 26.2 Å². The molecule has 1 amide bonds. The van der Waals surface area contributed by atoms with E-state index in [9.17, 15) is 9.18 Å². The molecule has 2 aromatic rings. The summed E-state index contributed by atoms with van der Waals surface area (Å²) in [5, 5.41) is 9.15. The van der Waals surface area contributed by atoms with Crippen molar-refractivity contribution in [3.63, 3.8) is 0 Å². The van der Waals surface area contributed by atoms with Gasteiger partial charge in [-0.05, 0) is 58.4 Å². The highest BCUT2D eigenvalue weighted by Gasteiger charge is 2.15. The van der Waals surface area contributed by atoms with E-state index in [0.717, 1.165) is 17.8 Å². The Labute approximate surface area is 205 Å². The van der Waals surface area contributed by atoms with Crippen molar-refractivity contribution < 1.29 is 18.3 Å². The van der Waals surface area contributed by atoms with Gasteiger partial charge in [-0.3, -0.25) is 4.99 Å². The van der Waals surface area contributed by atoms with E-state index >= 15 is 0 Å². The van der Waals surface area contributed by atoms with Gasteiger partial charge >= 0.3 is 6.09 Å². The molecule has 10 heteroatoms. The van der Waals surface area contributed by atoms with Crippen molar-refractivity contribution >= 4 is 36.0 Å². The second-order valence-corrected chi connectivity index (χ2v) is 7.87. The molecule has 1 heterocycles. The summed E-state index contributed by atoms with van der Waals surface area (Å²) in [6.45, 7) is 9.88. The molecule has 1 aromatic carbocycles. The molecule has 3 N–H and O–H groups in total. The number of oxazole rings is 1. The van der Waals surface area contributed by atoms with Crippen LogP contribution < -0.4 is 16.0 Å². The number of benzene rings is 1. The second-order valence-electron chi connectivity index (χ2n) is 7.87. The summed E-state index contributed by atoms with van der Waals surface area (Å²) in [6.07, 6.45) is 2.52. The lowest BCUT2D eigenvalue weighted by Gasteiger charge is -2.19. The number of alkyl carbamates (subject to hydrolysis) is 1. The summed E-state index contributed by atoms with van der Waals surface area (Å²) in [6, 6.07) is 6.03. The molecule has 0 atom stereocenters. The van der Waals surface area contributed by atoms with Crippen LogP contribution in [0.2, 0.25) is 0 Å². The predicted octanol–water partition coefficient (Wildman–Crippen LogP) is 4.11. The van der Waals surface area contributed by atoms with Crippen LogP contribution in [0.5, 0.6) is 0 Å². The average Bonchev–Trinajstić information content (AvgIpc) is 3.15. The SMILES string of the molecule is CCNC(=NCCCNC(=O)OC(C)(C)C)NCCc1coc(-c2ccc(F)cc2)n1.I. The van der Waals surface area contributed by atoms with Crippen LogP contribution in [0.4, 0.5) is 9.18 Å². The summed E-state index contributed by atoms with van der Waals surface area (Å²) in [5.41, 5.74) is 1.02. The molecule has 0 aliphatic carbocycles. The van der Waals surface area contributed by atoms with Crippen LogP contribution in [-0.4, -0.2) is 48.8 Å². The lowest BCUT2D eigenvalue weighted by Crippen LogP contribution is -2.38. The van der Waals surface area contributed by atoms with Gasteiger partial charge in [-0.1, -0.05) is 0 Å². The van der Waals surface area contributed by atoms with E-state index in [4.69, 9.17) is 9.15 Å². The number of rotatable bonds is 9. The van der Waals surface area contributed by atoms with E-state index < -0.39 is 11.7 Å². The number of halogens is 2. The zero-order valence-corrected chi connectivity index (χ0v) is 21.4. The Kier molecular flexibility index (Phi) is 12.0. The Morgan fingerprint density at radius 3 is 2.53 bits per heavy atom. The molecule has 0 aliphatic rings. The Morgan fingerprint density at radius 2 is 1.88 bits per heavy atom. The summed E-state index contributed by atoms with van der Waals surface area (Å²) >= 11 is 0. The highest BCUT2D eigenvalue weighted by atomic mass is 127. The van der Waals surface area contributed by atoms with Gasteiger partial charge in [-0.25, -0.2) is 14.2 Å². The first-order chi connectivity index (χ1) is 14.8. The van der Waals surface area contributed by atoms with Gasteiger partial charge in [0.05, 0.1) is 5.69 Å². The standard InChI is InChI=1S/C22H32FN5O3.HI/c1-5-24-20(25-12-6-13-27-21(29)31-22(2,3)4)26-14-11-18-15-30-19(28-18)16-7-9-17(23)10-8-16;/h7-10,15H,5-6,11-14H2,1-4H3,(H,27,29)(H2,24,25,26);1H. The molecule has 8 nitrogen and oxygen atoms in total. The molecule has 0 radical (unpaired) electrons. The minimum absolute atomic E-state index is 0. The molecule has 0 saturated carbocycles. The van der Waals surface area contributed by atoms with E-state index in [1.165, 1.54) is 12.1 Å². The molecular formula is C22H33FIN5O3. The minimum Gasteiger partial charge on any atom is -0.444 e. The van der Waals surface area contributed by atoms with Crippen LogP contribution in [0.3, 0.4) is 0 Å². The van der Waals surface area contributed by atoms with Crippen molar-refractivity contribution in [3.8, 4) is 11.5 Å². The monoisotopic (exact) mass is 561 g/mol. The number of hydrogen-bond donors (Lipinski definition) is 3. The molecule has 1 aromatic heterocycles. The highest BCUT2D eigenvalue weighted by molar-refractivity contribution is 14.0. The molecule has 178 valence electrons. The first-order valence-corrected chi connectivity index (χ1v) is 10.5. The fourth-order valence-corrected chi connectivity index (χ4v) is 2.57. The first-order valence-electron chi connectivity index (χ1n) is 10.5. The van der Waals surface area contributed by atoms with Crippen LogP contribution in [-0.2, 0) is 11.2 Å². The number of aliphatic imine (C=N–C) groups is 1. The van der Waals surface area contributed by atoms with Crippen LogP contribution in [0.25, 0.3) is 11.5 Å². The van der Waals surface area contributed by atoms with Crippen molar-refractivity contribution in [2.45, 2.75) is 46.1 Å². The van der Waals surface area contributed by atoms with Crippen molar-refractivity contribution in [2.24, 2.45) is 4.99 Å². The fourth-order valence-electron chi connectivity index (χ4n) is 2.57. The molecule has 0 unspecified atom stereocenters. The minimum atomic E-state index is -0.506. The number of carbonyl (C=O) groups excluding carboxylic acids is 1. The van der Waals surface area contributed by atoms with E-state index in [2.05, 4.69) is 25.9 Å². The van der Waals surface area contributed by atoms with Gasteiger partial charge in [-0.15, -0.1) is 24.0 Å². The zero-order chi connectivity index (χ0) is 22.7. The van der Waals surface area contributed by atoms with Crippen LogP contribution in [0, 0.1) is 5.82 Å². The van der Waals surface area contributed by atoms with Gasteiger partial charge in [-0.2, -0.15) is 0 Å². The Bertz CT molecular complexity index is 850. The number of carbonyl (C=O) groups is 1. The van der Waals surface area contributed by atoms with E-state index in [0.29, 0.717) is 44.3 Å². The van der Waals surface area contributed by atoms with Gasteiger partial charge in [0.15, 0.2) is 5.96 Å². The van der Waals surface area contributed by atoms with E-state index in [-0.39, 0.29) is 29.8 Å². The topological polar surface area (TPSA) is 101 Å². The molecule has 0 bridgehead atoms. The maximum absolute atomic E-state index is 13.0. The summed E-state index contributed by atoms with van der Waals surface area (Å²) in [4.78, 5) is 20.6. The number of nitrogens with one attached hydrogen (secondary N) is 3. The van der Waals surface area contributed by atoms with E-state index in [1.807, 2.05) is 27.7 Å². The number of ether oxygens (including phenoxy) is 1. The Balaban J connectivity index is 0.00000512. The van der Waals surface area contributed by atoms with Gasteiger partial charge in [0, 0.05) is 38.2 Å². The summed E-state index contributed by atoms with van der Waals surface area (Å²) < 4.78 is 23.7. The van der Waals surface area contributed by atoms with Crippen LogP contribution in [0.1, 0.15) is 39.8 Å². The molecular weight excluding hydrogens is 528 g/mol. The lowest BCUT2D eigenvalue weighted by molar-refractivity contribution is 0.0527. The maximum atomic E-state index is 13.0. The molecule has 32 heavy (non-hydrogen) atoms. The summed E-state index contributed by atoms with van der Waals surface area (Å²) in [5.74, 6) is 0.866. The highest BCUT2D eigenvalue weighted by Crippen LogP contribution is 2.18. The maximum Gasteiger partial charge on any atom is 0.407 e. The van der Waals surface area contributed by atoms with Gasteiger partial charge in [0.2, 0.25) is 5.89 Å². The van der Waals surface area contributed by atoms with Gasteiger partial charge < -0.3 is 25.1 Å². The van der Waals surface area contributed by atoms with E-state index in [1.54, 1.807) is 18.4 Å². The van der Waals surface area contributed by atoms with Crippen molar-refractivity contribution in [1.82, 2.24) is 20.9 Å². The number of nitrogens with zero attached hydrogens (tertiary/aromatic N) is 2. The van der Waals surface area contributed by atoms with Crippen molar-refractivity contribution in [3.05, 3.63) is 42.0 Å². The number of guanidine groups is 1. The third-order valence-corrected chi connectivity index (χ3v) is 3.93. The Morgan fingerprint density at radius 1 is 1.16 bits per heavy atom. The second kappa shape index (κ2) is 13.9. The zero-order valence-electron chi connectivity index (χ0n) is 19.0. The molecule has 0 spiro atoms. The quantitative estimate of drug-likeness (QED) is 0.185. The number of hydrogen-bond acceptors (Lipinski definition) is 5. The largest absolute Gasteiger partial charge is 0.444 e. The Hall–Kier alpha value is -2.37. The molecule has 0 saturated heterocycles. The smallest absolute Gasteiger partial charge is 0.407 e. The number of aromatic nitrogens is 1. The lowest BCUT2D eigenvalue weighted by atomic mass is 10.2. The predicted molar refractivity (Wildman–Crippen MR) is 134 cm³/mol. The molecule has 0 fully saturated rings. The van der Waals surface area contributed by atoms with Gasteiger partial charge in [0.1, 0.15) is 17.7 Å². The average molecular weight is 561 g/mol. The first kappa shape index (κ1) is 27.7. The molecule has 2 rings (SSSR count).